The zero-order valence-electron chi connectivity index (χ0n) is 9.37. The second-order valence-corrected chi connectivity index (χ2v) is 3.89. The molecule has 1 aromatic heterocycles. The molecule has 0 radical (unpaired) electrons. The van der Waals surface area contributed by atoms with Crippen LogP contribution in [0.2, 0.25) is 5.15 Å². The van der Waals surface area contributed by atoms with E-state index in [1.54, 1.807) is 19.2 Å². The maximum Gasteiger partial charge on any atom is 0.224 e. The van der Waals surface area contributed by atoms with Gasteiger partial charge in [0.2, 0.25) is 5.91 Å². The van der Waals surface area contributed by atoms with Crippen molar-refractivity contribution in [1.82, 2.24) is 4.98 Å². The van der Waals surface area contributed by atoms with Crippen LogP contribution in [-0.2, 0) is 9.53 Å². The molecule has 4 nitrogen and oxygen atoms in total. The minimum atomic E-state index is -0.0481. The summed E-state index contributed by atoms with van der Waals surface area (Å²) in [7, 11) is 1.63. The first-order valence-corrected chi connectivity index (χ1v) is 5.44. The van der Waals surface area contributed by atoms with Crippen molar-refractivity contribution in [1.29, 1.82) is 0 Å². The highest BCUT2D eigenvalue weighted by Gasteiger charge is 2.06. The number of carbonyl (C=O) groups excluding carboxylic acids is 1. The molecule has 16 heavy (non-hydrogen) atoms. The van der Waals surface area contributed by atoms with E-state index >= 15 is 0 Å². The Hall–Kier alpha value is -1.13. The molecular weight excluding hydrogens is 228 g/mol. The maximum absolute atomic E-state index is 11.5. The van der Waals surface area contributed by atoms with Gasteiger partial charge >= 0.3 is 0 Å². The van der Waals surface area contributed by atoms with Gasteiger partial charge in [-0.1, -0.05) is 11.6 Å². The number of anilines is 1. The predicted octanol–water partition coefficient (Wildman–Crippen LogP) is 2.49. The summed E-state index contributed by atoms with van der Waals surface area (Å²) in [6.45, 7) is 1.93. The summed E-state index contributed by atoms with van der Waals surface area (Å²) in [6, 6.07) is 3.35. The first-order valence-electron chi connectivity index (χ1n) is 5.06. The lowest BCUT2D eigenvalue weighted by Crippen LogP contribution is -2.15. The Balaban J connectivity index is 2.37. The quantitative estimate of drug-likeness (QED) is 0.807. The Morgan fingerprint density at radius 3 is 2.94 bits per heavy atom. The fraction of sp³-hybridized carbons (Fsp3) is 0.455. The van der Waals surface area contributed by atoms with E-state index in [1.165, 1.54) is 6.20 Å². The van der Waals surface area contributed by atoms with Crippen molar-refractivity contribution in [3.8, 4) is 0 Å². The van der Waals surface area contributed by atoms with Crippen molar-refractivity contribution < 1.29 is 9.53 Å². The molecule has 0 fully saturated rings. The van der Waals surface area contributed by atoms with Crippen molar-refractivity contribution in [2.75, 3.05) is 12.4 Å². The number of nitrogens with zero attached hydrogens (tertiary/aromatic N) is 1. The number of hydrogen-bond donors (Lipinski definition) is 1. The van der Waals surface area contributed by atoms with Gasteiger partial charge in [0, 0.05) is 13.5 Å². The average molecular weight is 243 g/mol. The van der Waals surface area contributed by atoms with Crippen LogP contribution < -0.4 is 5.32 Å². The van der Waals surface area contributed by atoms with E-state index in [9.17, 15) is 4.79 Å². The number of carbonyl (C=O) groups is 1. The van der Waals surface area contributed by atoms with Crippen LogP contribution in [0.5, 0.6) is 0 Å². The van der Waals surface area contributed by atoms with Gasteiger partial charge in [0.05, 0.1) is 18.0 Å². The van der Waals surface area contributed by atoms with E-state index in [-0.39, 0.29) is 12.0 Å². The van der Waals surface area contributed by atoms with Crippen LogP contribution >= 0.6 is 11.6 Å². The molecule has 88 valence electrons. The molecule has 5 heteroatoms. The van der Waals surface area contributed by atoms with E-state index in [0.717, 1.165) is 0 Å². The summed E-state index contributed by atoms with van der Waals surface area (Å²) in [5, 5.41) is 3.14. The number of pyridine rings is 1. The maximum atomic E-state index is 11.5. The van der Waals surface area contributed by atoms with Gasteiger partial charge in [-0.05, 0) is 25.5 Å². The van der Waals surface area contributed by atoms with Gasteiger partial charge in [0.1, 0.15) is 5.15 Å². The van der Waals surface area contributed by atoms with Crippen molar-refractivity contribution in [2.24, 2.45) is 0 Å². The van der Waals surface area contributed by atoms with Crippen molar-refractivity contribution in [2.45, 2.75) is 25.9 Å². The number of rotatable bonds is 5. The number of ether oxygens (including phenoxy) is 1. The van der Waals surface area contributed by atoms with E-state index in [4.69, 9.17) is 16.3 Å². The molecule has 1 amide bonds. The molecule has 0 aliphatic rings. The third kappa shape index (κ3) is 4.59. The second-order valence-electron chi connectivity index (χ2n) is 3.50. The Bertz CT molecular complexity index is 340. The number of hydrogen-bond acceptors (Lipinski definition) is 3. The highest BCUT2D eigenvalue weighted by Crippen LogP contribution is 2.10. The minimum absolute atomic E-state index is 0.0481. The largest absolute Gasteiger partial charge is 0.382 e. The summed E-state index contributed by atoms with van der Waals surface area (Å²) < 4.78 is 5.06. The smallest absolute Gasteiger partial charge is 0.224 e. The van der Waals surface area contributed by atoms with Crippen LogP contribution in [0.1, 0.15) is 19.8 Å². The van der Waals surface area contributed by atoms with Gasteiger partial charge in [-0.25, -0.2) is 4.98 Å². The van der Waals surface area contributed by atoms with Gasteiger partial charge in [0.25, 0.3) is 0 Å². The molecule has 1 aromatic rings. The monoisotopic (exact) mass is 242 g/mol. The molecule has 0 aromatic carbocycles. The van der Waals surface area contributed by atoms with Crippen LogP contribution in [0, 0.1) is 0 Å². The Morgan fingerprint density at radius 1 is 1.62 bits per heavy atom. The summed E-state index contributed by atoms with van der Waals surface area (Å²) in [4.78, 5) is 15.4. The normalized spacial score (nSPS) is 12.2. The minimum Gasteiger partial charge on any atom is -0.382 e. The van der Waals surface area contributed by atoms with Crippen LogP contribution in [0.15, 0.2) is 18.3 Å². The highest BCUT2D eigenvalue weighted by molar-refractivity contribution is 6.29. The Kier molecular flexibility index (Phi) is 5.22. The van der Waals surface area contributed by atoms with Gasteiger partial charge in [-0.3, -0.25) is 4.79 Å². The molecule has 1 atom stereocenters. The fourth-order valence-electron chi connectivity index (χ4n) is 1.13. The molecule has 0 bridgehead atoms. The summed E-state index contributed by atoms with van der Waals surface area (Å²) in [5.41, 5.74) is 0.652. The lowest BCUT2D eigenvalue weighted by molar-refractivity contribution is -0.116. The van der Waals surface area contributed by atoms with E-state index < -0.39 is 0 Å². The van der Waals surface area contributed by atoms with Crippen LogP contribution in [0.4, 0.5) is 5.69 Å². The molecule has 0 saturated heterocycles. The molecule has 1 rings (SSSR count). The summed E-state index contributed by atoms with van der Waals surface area (Å²) >= 11 is 5.63. The zero-order chi connectivity index (χ0) is 12.0. The van der Waals surface area contributed by atoms with Gasteiger partial charge in [-0.15, -0.1) is 0 Å². The SMILES string of the molecule is COC(C)CCC(=O)Nc1ccc(Cl)nc1. The average Bonchev–Trinajstić information content (AvgIpc) is 2.29. The van der Waals surface area contributed by atoms with Gasteiger partial charge in [0.15, 0.2) is 0 Å². The van der Waals surface area contributed by atoms with Gasteiger partial charge in [-0.2, -0.15) is 0 Å². The number of methoxy groups -OCH3 is 1. The number of nitrogens with one attached hydrogen (secondary N) is 1. The molecule has 0 aliphatic heterocycles. The number of amides is 1. The molecule has 0 aliphatic carbocycles. The van der Waals surface area contributed by atoms with Crippen molar-refractivity contribution in [3.05, 3.63) is 23.5 Å². The van der Waals surface area contributed by atoms with E-state index in [2.05, 4.69) is 10.3 Å². The number of halogens is 1. The second kappa shape index (κ2) is 6.45. The lowest BCUT2D eigenvalue weighted by atomic mass is 10.2. The predicted molar refractivity (Wildman–Crippen MR) is 63.6 cm³/mol. The summed E-state index contributed by atoms with van der Waals surface area (Å²) in [6.07, 6.45) is 2.75. The van der Waals surface area contributed by atoms with E-state index in [0.29, 0.717) is 23.7 Å². The third-order valence-electron chi connectivity index (χ3n) is 2.19. The van der Waals surface area contributed by atoms with Crippen molar-refractivity contribution >= 4 is 23.2 Å². The third-order valence-corrected chi connectivity index (χ3v) is 2.42. The molecule has 1 heterocycles. The molecular formula is C11H15ClN2O2. The summed E-state index contributed by atoms with van der Waals surface area (Å²) in [5.74, 6) is -0.0481. The highest BCUT2D eigenvalue weighted by atomic mass is 35.5. The first kappa shape index (κ1) is 12.9. The fourth-order valence-corrected chi connectivity index (χ4v) is 1.24. The van der Waals surface area contributed by atoms with Crippen LogP contribution in [0.3, 0.4) is 0 Å². The first-order chi connectivity index (χ1) is 7.61. The lowest BCUT2D eigenvalue weighted by Gasteiger charge is -2.09. The Morgan fingerprint density at radius 2 is 2.38 bits per heavy atom. The van der Waals surface area contributed by atoms with Crippen molar-refractivity contribution in [3.63, 3.8) is 0 Å². The van der Waals surface area contributed by atoms with E-state index in [1.807, 2.05) is 6.92 Å². The molecule has 1 unspecified atom stereocenters. The van der Waals surface area contributed by atoms with Crippen LogP contribution in [-0.4, -0.2) is 24.1 Å². The number of aromatic nitrogens is 1. The standard InChI is InChI=1S/C11H15ClN2O2/c1-8(16-2)3-6-11(15)14-9-4-5-10(12)13-7-9/h4-5,7-8H,3,6H2,1-2H3,(H,14,15). The molecule has 0 saturated carbocycles. The zero-order valence-corrected chi connectivity index (χ0v) is 10.1. The van der Waals surface area contributed by atoms with Crippen LogP contribution in [0.25, 0.3) is 0 Å². The molecule has 0 spiro atoms. The Labute approximate surface area is 100.0 Å². The topological polar surface area (TPSA) is 51.2 Å². The van der Waals surface area contributed by atoms with Gasteiger partial charge < -0.3 is 10.1 Å². The molecule has 1 N–H and O–H groups in total.